The number of primary amides is 1. The number of amides is 2. The topological polar surface area (TPSA) is 93.7 Å². The Hall–Kier alpha value is -3.65. The smallest absolute Gasteiger partial charge is 0.253 e. The molecular formula is C25H29N5O3. The molecule has 172 valence electrons. The zero-order valence-corrected chi connectivity index (χ0v) is 19.2. The average Bonchev–Trinajstić information content (AvgIpc) is 3.06. The van der Waals surface area contributed by atoms with E-state index in [9.17, 15) is 9.59 Å². The Labute approximate surface area is 193 Å². The molecule has 2 aromatic carbocycles. The highest BCUT2D eigenvalue weighted by Crippen LogP contribution is 2.23. The summed E-state index contributed by atoms with van der Waals surface area (Å²) in [5.74, 6) is 0.757. The minimum absolute atomic E-state index is 0.0285. The molecule has 1 saturated heterocycles. The monoisotopic (exact) mass is 447 g/mol. The number of hydrogen-bond acceptors (Lipinski definition) is 5. The van der Waals surface area contributed by atoms with E-state index in [-0.39, 0.29) is 5.91 Å². The standard InChI is InChI=1S/C25H29N5O3/c1-17-23(18(2)28(3)27-17)16-29-12-14-30(15-13-29)25(32)20-6-10-22(11-7-20)33-21-8-4-19(5-9-21)24(26)31/h4-11H,12-16H2,1-3H3,(H2,26,31). The highest BCUT2D eigenvalue weighted by atomic mass is 16.5. The molecule has 0 saturated carbocycles. The maximum atomic E-state index is 13.0. The molecule has 1 aliphatic rings. The lowest BCUT2D eigenvalue weighted by atomic mass is 10.1. The van der Waals surface area contributed by atoms with Gasteiger partial charge in [0, 0.05) is 62.2 Å². The lowest BCUT2D eigenvalue weighted by molar-refractivity contribution is 0.0627. The third-order valence-electron chi connectivity index (χ3n) is 6.18. The SMILES string of the molecule is Cc1nn(C)c(C)c1CN1CCN(C(=O)c2ccc(Oc3ccc(C(N)=O)cc3)cc2)CC1. The number of ether oxygens (including phenoxy) is 1. The van der Waals surface area contributed by atoms with Crippen molar-refractivity contribution in [1.29, 1.82) is 0 Å². The van der Waals surface area contributed by atoms with E-state index >= 15 is 0 Å². The Kier molecular flexibility index (Phi) is 6.46. The fourth-order valence-corrected chi connectivity index (χ4v) is 4.05. The minimum atomic E-state index is -0.479. The summed E-state index contributed by atoms with van der Waals surface area (Å²) < 4.78 is 7.72. The quantitative estimate of drug-likeness (QED) is 0.627. The highest BCUT2D eigenvalue weighted by Gasteiger charge is 2.23. The van der Waals surface area contributed by atoms with Crippen LogP contribution in [0.2, 0.25) is 0 Å². The summed E-state index contributed by atoms with van der Waals surface area (Å²) in [5.41, 5.74) is 9.85. The molecule has 8 nitrogen and oxygen atoms in total. The van der Waals surface area contributed by atoms with E-state index in [0.717, 1.165) is 25.3 Å². The number of aryl methyl sites for hydroxylation is 2. The molecule has 0 radical (unpaired) electrons. The van der Waals surface area contributed by atoms with E-state index in [1.807, 2.05) is 23.6 Å². The molecule has 33 heavy (non-hydrogen) atoms. The van der Waals surface area contributed by atoms with E-state index in [4.69, 9.17) is 10.5 Å². The molecule has 2 heterocycles. The molecular weight excluding hydrogens is 418 g/mol. The molecule has 0 spiro atoms. The normalized spacial score (nSPS) is 14.3. The molecule has 1 aliphatic heterocycles. The number of nitrogens with two attached hydrogens (primary N) is 1. The van der Waals surface area contributed by atoms with Gasteiger partial charge in [0.05, 0.1) is 5.69 Å². The third kappa shape index (κ3) is 5.06. The van der Waals surface area contributed by atoms with Crippen molar-refractivity contribution in [2.45, 2.75) is 20.4 Å². The van der Waals surface area contributed by atoms with Crippen molar-refractivity contribution >= 4 is 11.8 Å². The first-order chi connectivity index (χ1) is 15.8. The van der Waals surface area contributed by atoms with Gasteiger partial charge in [0.2, 0.25) is 5.91 Å². The third-order valence-corrected chi connectivity index (χ3v) is 6.18. The number of piperazine rings is 1. The van der Waals surface area contributed by atoms with Crippen LogP contribution in [0.15, 0.2) is 48.5 Å². The van der Waals surface area contributed by atoms with Crippen molar-refractivity contribution in [2.24, 2.45) is 12.8 Å². The molecule has 3 aromatic rings. The van der Waals surface area contributed by atoms with Crippen LogP contribution in [-0.2, 0) is 13.6 Å². The van der Waals surface area contributed by atoms with Crippen molar-refractivity contribution in [3.05, 3.63) is 76.6 Å². The van der Waals surface area contributed by atoms with Gasteiger partial charge in [-0.05, 0) is 62.4 Å². The first kappa shape index (κ1) is 22.5. The van der Waals surface area contributed by atoms with Crippen LogP contribution in [0.4, 0.5) is 0 Å². The Balaban J connectivity index is 1.32. The van der Waals surface area contributed by atoms with Gasteiger partial charge in [0.15, 0.2) is 0 Å². The summed E-state index contributed by atoms with van der Waals surface area (Å²) in [6.45, 7) is 8.07. The maximum Gasteiger partial charge on any atom is 0.253 e. The number of carbonyl (C=O) groups is 2. The summed E-state index contributed by atoms with van der Waals surface area (Å²) in [6.07, 6.45) is 0. The Morgan fingerprint density at radius 1 is 0.909 bits per heavy atom. The summed E-state index contributed by atoms with van der Waals surface area (Å²) in [6, 6.07) is 13.7. The second-order valence-corrected chi connectivity index (χ2v) is 8.36. The van der Waals surface area contributed by atoms with Crippen LogP contribution in [0.5, 0.6) is 11.5 Å². The van der Waals surface area contributed by atoms with Gasteiger partial charge in [0.1, 0.15) is 11.5 Å². The van der Waals surface area contributed by atoms with Gasteiger partial charge in [-0.3, -0.25) is 19.2 Å². The van der Waals surface area contributed by atoms with Crippen LogP contribution in [0, 0.1) is 13.8 Å². The number of aromatic nitrogens is 2. The average molecular weight is 448 g/mol. The van der Waals surface area contributed by atoms with Gasteiger partial charge >= 0.3 is 0 Å². The highest BCUT2D eigenvalue weighted by molar-refractivity contribution is 5.94. The second kappa shape index (κ2) is 9.46. The summed E-state index contributed by atoms with van der Waals surface area (Å²) >= 11 is 0. The second-order valence-electron chi connectivity index (χ2n) is 8.36. The van der Waals surface area contributed by atoms with Gasteiger partial charge in [0.25, 0.3) is 5.91 Å². The van der Waals surface area contributed by atoms with E-state index in [1.54, 1.807) is 48.5 Å². The zero-order valence-electron chi connectivity index (χ0n) is 19.2. The molecule has 0 aliphatic carbocycles. The molecule has 0 atom stereocenters. The summed E-state index contributed by atoms with van der Waals surface area (Å²) in [7, 11) is 1.97. The lowest BCUT2D eigenvalue weighted by Gasteiger charge is -2.34. The van der Waals surface area contributed by atoms with Crippen molar-refractivity contribution in [3.63, 3.8) is 0 Å². The van der Waals surface area contributed by atoms with Crippen molar-refractivity contribution < 1.29 is 14.3 Å². The van der Waals surface area contributed by atoms with Crippen LogP contribution >= 0.6 is 0 Å². The van der Waals surface area contributed by atoms with E-state index in [1.165, 1.54) is 11.3 Å². The van der Waals surface area contributed by atoms with Crippen LogP contribution in [0.1, 0.15) is 37.7 Å². The molecule has 8 heteroatoms. The Morgan fingerprint density at radius 3 is 1.94 bits per heavy atom. The number of benzene rings is 2. The van der Waals surface area contributed by atoms with Gasteiger partial charge in [-0.1, -0.05) is 0 Å². The minimum Gasteiger partial charge on any atom is -0.457 e. The van der Waals surface area contributed by atoms with Crippen LogP contribution < -0.4 is 10.5 Å². The molecule has 2 amide bonds. The largest absolute Gasteiger partial charge is 0.457 e. The van der Waals surface area contributed by atoms with Gasteiger partial charge in [-0.25, -0.2) is 0 Å². The first-order valence-corrected chi connectivity index (χ1v) is 11.0. The number of hydrogen-bond donors (Lipinski definition) is 1. The van der Waals surface area contributed by atoms with Crippen LogP contribution in [-0.4, -0.2) is 57.6 Å². The Bertz CT molecular complexity index is 1140. The van der Waals surface area contributed by atoms with Gasteiger partial charge in [-0.2, -0.15) is 5.10 Å². The van der Waals surface area contributed by atoms with Crippen LogP contribution in [0.25, 0.3) is 0 Å². The fraction of sp³-hybridized carbons (Fsp3) is 0.320. The van der Waals surface area contributed by atoms with Crippen LogP contribution in [0.3, 0.4) is 0 Å². The fourth-order valence-electron chi connectivity index (χ4n) is 4.05. The first-order valence-electron chi connectivity index (χ1n) is 11.0. The predicted octanol–water partition coefficient (Wildman–Crippen LogP) is 2.89. The summed E-state index contributed by atoms with van der Waals surface area (Å²) in [4.78, 5) is 28.4. The molecule has 4 rings (SSSR count). The predicted molar refractivity (Wildman–Crippen MR) is 125 cm³/mol. The lowest BCUT2D eigenvalue weighted by Crippen LogP contribution is -2.48. The van der Waals surface area contributed by atoms with Gasteiger partial charge in [-0.15, -0.1) is 0 Å². The van der Waals surface area contributed by atoms with Crippen molar-refractivity contribution in [3.8, 4) is 11.5 Å². The summed E-state index contributed by atoms with van der Waals surface area (Å²) in [5, 5.41) is 4.50. The van der Waals surface area contributed by atoms with Gasteiger partial charge < -0.3 is 15.4 Å². The molecule has 0 bridgehead atoms. The van der Waals surface area contributed by atoms with E-state index < -0.39 is 5.91 Å². The van der Waals surface area contributed by atoms with Crippen molar-refractivity contribution in [1.82, 2.24) is 19.6 Å². The number of carbonyl (C=O) groups excluding carboxylic acids is 2. The molecule has 2 N–H and O–H groups in total. The maximum absolute atomic E-state index is 13.0. The number of nitrogens with zero attached hydrogens (tertiary/aromatic N) is 4. The van der Waals surface area contributed by atoms with E-state index in [0.29, 0.717) is 35.7 Å². The molecule has 0 unspecified atom stereocenters. The zero-order chi connectivity index (χ0) is 23.5. The van der Waals surface area contributed by atoms with E-state index in [2.05, 4.69) is 16.9 Å². The Morgan fingerprint density at radius 2 is 1.45 bits per heavy atom. The van der Waals surface area contributed by atoms with Crippen molar-refractivity contribution in [2.75, 3.05) is 26.2 Å². The molecule has 1 aromatic heterocycles. The molecule has 1 fully saturated rings. The number of rotatable bonds is 6.